The van der Waals surface area contributed by atoms with E-state index in [1.807, 2.05) is 0 Å². The lowest BCUT2D eigenvalue weighted by Gasteiger charge is -2.51. The molecule has 2 aliphatic rings. The molecule has 0 amide bonds. The molecule has 3 heteroatoms. The molecule has 0 saturated heterocycles. The van der Waals surface area contributed by atoms with E-state index in [1.165, 1.54) is 19.3 Å². The van der Waals surface area contributed by atoms with Gasteiger partial charge < -0.3 is 10.8 Å². The van der Waals surface area contributed by atoms with Crippen LogP contribution in [0.3, 0.4) is 0 Å². The van der Waals surface area contributed by atoms with Gasteiger partial charge in [0.15, 0.2) is 0 Å². The average molecular weight is 183 g/mol. The van der Waals surface area contributed by atoms with E-state index in [2.05, 4.69) is 0 Å². The second kappa shape index (κ2) is 2.98. The third kappa shape index (κ3) is 1.26. The van der Waals surface area contributed by atoms with E-state index in [-0.39, 0.29) is 0 Å². The number of rotatable bonds is 3. The first-order chi connectivity index (χ1) is 6.18. The number of hydrogen-bond acceptors (Lipinski definition) is 2. The summed E-state index contributed by atoms with van der Waals surface area (Å²) in [4.78, 5) is 10.6. The van der Waals surface area contributed by atoms with Gasteiger partial charge in [-0.2, -0.15) is 0 Å². The highest BCUT2D eigenvalue weighted by Crippen LogP contribution is 2.61. The Balaban J connectivity index is 1.97. The smallest absolute Gasteiger partial charge is 0.303 e. The summed E-state index contributed by atoms with van der Waals surface area (Å²) in [7, 11) is 0. The topological polar surface area (TPSA) is 63.3 Å². The van der Waals surface area contributed by atoms with E-state index in [1.54, 1.807) is 0 Å². The van der Waals surface area contributed by atoms with Crippen LogP contribution in [-0.4, -0.2) is 17.6 Å². The van der Waals surface area contributed by atoms with Crippen LogP contribution in [0, 0.1) is 17.3 Å². The van der Waals surface area contributed by atoms with Gasteiger partial charge in [-0.05, 0) is 43.1 Å². The Hall–Kier alpha value is -0.570. The zero-order chi connectivity index (χ0) is 9.47. The summed E-state index contributed by atoms with van der Waals surface area (Å²) >= 11 is 0. The van der Waals surface area contributed by atoms with Crippen molar-refractivity contribution < 1.29 is 9.90 Å². The van der Waals surface area contributed by atoms with Crippen LogP contribution in [0.15, 0.2) is 0 Å². The molecule has 0 radical (unpaired) electrons. The minimum absolute atomic E-state index is 0.347. The van der Waals surface area contributed by atoms with Crippen LogP contribution < -0.4 is 5.73 Å². The summed E-state index contributed by atoms with van der Waals surface area (Å²) in [6, 6.07) is 0. The normalized spacial score (nSPS) is 42.5. The van der Waals surface area contributed by atoms with Crippen LogP contribution in [0.4, 0.5) is 0 Å². The van der Waals surface area contributed by atoms with Crippen molar-refractivity contribution in [1.82, 2.24) is 0 Å². The van der Waals surface area contributed by atoms with Crippen LogP contribution in [-0.2, 0) is 4.79 Å². The second-order valence-electron chi connectivity index (χ2n) is 4.63. The predicted molar refractivity (Wildman–Crippen MR) is 49.2 cm³/mol. The third-order valence-corrected chi connectivity index (χ3v) is 4.06. The first-order valence-corrected chi connectivity index (χ1v) is 5.10. The van der Waals surface area contributed by atoms with E-state index in [0.29, 0.717) is 23.7 Å². The molecule has 0 aliphatic heterocycles. The van der Waals surface area contributed by atoms with Gasteiger partial charge in [-0.3, -0.25) is 4.79 Å². The van der Waals surface area contributed by atoms with Crippen molar-refractivity contribution in [2.75, 3.05) is 6.54 Å². The molecule has 3 nitrogen and oxygen atoms in total. The van der Waals surface area contributed by atoms with Gasteiger partial charge in [-0.1, -0.05) is 6.42 Å². The molecule has 0 spiro atoms. The first kappa shape index (κ1) is 9.00. The summed E-state index contributed by atoms with van der Waals surface area (Å²) in [6.07, 6.45) is 5.09. The Morgan fingerprint density at radius 2 is 2.38 bits per heavy atom. The molecule has 3 atom stereocenters. The quantitative estimate of drug-likeness (QED) is 0.691. The predicted octanol–water partition coefficient (Wildman–Crippen LogP) is 1.23. The van der Waals surface area contributed by atoms with Crippen molar-refractivity contribution in [3.05, 3.63) is 0 Å². The first-order valence-electron chi connectivity index (χ1n) is 5.10. The van der Waals surface area contributed by atoms with Crippen LogP contribution >= 0.6 is 0 Å². The summed E-state index contributed by atoms with van der Waals surface area (Å²) in [5, 5.41) is 8.69. The molecular weight excluding hydrogens is 166 g/mol. The minimum Gasteiger partial charge on any atom is -0.481 e. The Morgan fingerprint density at radius 1 is 1.62 bits per heavy atom. The standard InChI is InChI=1S/C10H17NO2/c11-6-10-3-1-2-8(10)7(5-10)4-9(12)13/h7-8H,1-6,11H2,(H,12,13)/t7-,8-,10+/m1/s1. The van der Waals surface area contributed by atoms with Crippen molar-refractivity contribution in [3.8, 4) is 0 Å². The third-order valence-electron chi connectivity index (χ3n) is 4.06. The molecule has 74 valence electrons. The zero-order valence-electron chi connectivity index (χ0n) is 7.83. The van der Waals surface area contributed by atoms with Gasteiger partial charge in [0.2, 0.25) is 0 Å². The number of carboxylic acid groups (broad SMARTS) is 1. The number of carbonyl (C=O) groups is 1. The van der Waals surface area contributed by atoms with Gasteiger partial charge in [0.1, 0.15) is 0 Å². The molecule has 0 aromatic heterocycles. The van der Waals surface area contributed by atoms with E-state index in [0.717, 1.165) is 13.0 Å². The lowest BCUT2D eigenvalue weighted by Crippen LogP contribution is -2.49. The van der Waals surface area contributed by atoms with E-state index in [4.69, 9.17) is 10.8 Å². The molecule has 2 saturated carbocycles. The summed E-state index contributed by atoms with van der Waals surface area (Å²) < 4.78 is 0. The zero-order valence-corrected chi connectivity index (χ0v) is 7.83. The lowest BCUT2D eigenvalue weighted by molar-refractivity contribution is -0.142. The Morgan fingerprint density at radius 3 is 3.00 bits per heavy atom. The number of aliphatic carboxylic acids is 1. The van der Waals surface area contributed by atoms with Gasteiger partial charge in [-0.25, -0.2) is 0 Å². The lowest BCUT2D eigenvalue weighted by atomic mass is 9.54. The van der Waals surface area contributed by atoms with E-state index in [9.17, 15) is 4.79 Å². The maximum Gasteiger partial charge on any atom is 0.303 e. The van der Waals surface area contributed by atoms with Crippen molar-refractivity contribution >= 4 is 5.97 Å². The number of carboxylic acids is 1. The maximum atomic E-state index is 10.6. The molecule has 2 fully saturated rings. The van der Waals surface area contributed by atoms with Crippen molar-refractivity contribution in [2.45, 2.75) is 32.1 Å². The van der Waals surface area contributed by atoms with Gasteiger partial charge >= 0.3 is 5.97 Å². The van der Waals surface area contributed by atoms with Gasteiger partial charge in [-0.15, -0.1) is 0 Å². The minimum atomic E-state index is -0.650. The largest absolute Gasteiger partial charge is 0.481 e. The van der Waals surface area contributed by atoms with Crippen molar-refractivity contribution in [3.63, 3.8) is 0 Å². The molecule has 3 N–H and O–H groups in total. The summed E-state index contributed by atoms with van der Waals surface area (Å²) in [5.74, 6) is 0.389. The average Bonchev–Trinajstić information content (AvgIpc) is 2.39. The molecule has 0 unspecified atom stereocenters. The fourth-order valence-corrected chi connectivity index (χ4v) is 3.43. The summed E-state index contributed by atoms with van der Waals surface area (Å²) in [6.45, 7) is 0.758. The molecular formula is C10H17NO2. The highest BCUT2D eigenvalue weighted by atomic mass is 16.4. The van der Waals surface area contributed by atoms with Gasteiger partial charge in [0.05, 0.1) is 0 Å². The van der Waals surface area contributed by atoms with Crippen molar-refractivity contribution in [2.24, 2.45) is 23.0 Å². The molecule has 0 aromatic carbocycles. The SMILES string of the molecule is NC[C@@]12CCC[C@@H]1[C@H](CC(=O)O)C2. The summed E-state index contributed by atoms with van der Waals surface area (Å²) in [5.41, 5.74) is 6.10. The van der Waals surface area contributed by atoms with Crippen LogP contribution in [0.5, 0.6) is 0 Å². The number of fused-ring (bicyclic) bond motifs is 1. The molecule has 0 bridgehead atoms. The highest BCUT2D eigenvalue weighted by Gasteiger charge is 2.55. The van der Waals surface area contributed by atoms with Crippen LogP contribution in [0.1, 0.15) is 32.1 Å². The van der Waals surface area contributed by atoms with Gasteiger partial charge in [0.25, 0.3) is 0 Å². The molecule has 2 rings (SSSR count). The molecule has 0 heterocycles. The fourth-order valence-electron chi connectivity index (χ4n) is 3.43. The highest BCUT2D eigenvalue weighted by molar-refractivity contribution is 5.67. The van der Waals surface area contributed by atoms with Gasteiger partial charge in [0, 0.05) is 6.42 Å². The Kier molecular flexibility index (Phi) is 2.06. The molecule has 13 heavy (non-hydrogen) atoms. The monoisotopic (exact) mass is 183 g/mol. The second-order valence-corrected chi connectivity index (χ2v) is 4.63. The van der Waals surface area contributed by atoms with E-state index < -0.39 is 5.97 Å². The van der Waals surface area contributed by atoms with Crippen molar-refractivity contribution in [1.29, 1.82) is 0 Å². The molecule has 2 aliphatic carbocycles. The Bertz CT molecular complexity index is 229. The number of hydrogen-bond donors (Lipinski definition) is 2. The maximum absolute atomic E-state index is 10.6. The number of nitrogens with two attached hydrogens (primary N) is 1. The van der Waals surface area contributed by atoms with E-state index >= 15 is 0 Å². The fraction of sp³-hybridized carbons (Fsp3) is 0.900. The van der Waals surface area contributed by atoms with Crippen LogP contribution in [0.25, 0.3) is 0 Å². The molecule has 0 aromatic rings. The Labute approximate surface area is 78.3 Å². The van der Waals surface area contributed by atoms with Crippen LogP contribution in [0.2, 0.25) is 0 Å².